The van der Waals surface area contributed by atoms with Gasteiger partial charge in [-0.2, -0.15) is 5.10 Å². The van der Waals surface area contributed by atoms with Crippen LogP contribution in [0.15, 0.2) is 67.0 Å². The molecule has 32 heavy (non-hydrogen) atoms. The van der Waals surface area contributed by atoms with Crippen molar-refractivity contribution in [2.24, 2.45) is 0 Å². The van der Waals surface area contributed by atoms with Crippen LogP contribution in [0, 0.1) is 0 Å². The predicted octanol–water partition coefficient (Wildman–Crippen LogP) is 6.28. The molecule has 0 atom stereocenters. The summed E-state index contributed by atoms with van der Waals surface area (Å²) in [7, 11) is 0. The van der Waals surface area contributed by atoms with Crippen molar-refractivity contribution in [2.45, 2.75) is 25.2 Å². The van der Waals surface area contributed by atoms with E-state index in [1.165, 1.54) is 18.4 Å². The molecule has 2 aromatic carbocycles. The molecule has 1 aliphatic carbocycles. The van der Waals surface area contributed by atoms with E-state index in [9.17, 15) is 4.79 Å². The first-order valence-corrected chi connectivity index (χ1v) is 11.3. The number of aromatic nitrogens is 2. The third-order valence-electron chi connectivity index (χ3n) is 5.57. The van der Waals surface area contributed by atoms with Crippen LogP contribution in [-0.2, 0) is 6.42 Å². The van der Waals surface area contributed by atoms with Gasteiger partial charge in [0.1, 0.15) is 5.75 Å². The molecule has 0 unspecified atom stereocenters. The van der Waals surface area contributed by atoms with Crippen LogP contribution in [0.2, 0.25) is 10.0 Å². The number of amides is 1. The van der Waals surface area contributed by atoms with Gasteiger partial charge in [-0.25, -0.2) is 4.52 Å². The maximum Gasteiger partial charge on any atom is 0.255 e. The van der Waals surface area contributed by atoms with Gasteiger partial charge >= 0.3 is 0 Å². The molecule has 0 radical (unpaired) electrons. The standard InChI is InChI=1S/C25H21Cl2N3O2/c26-19-7-6-17(23(27)13-19)8-10-28-25(31)22-14-20-9-11-29-30(20)15-24(22)32-21-3-1-2-18(12-21)16-4-5-16/h1-3,6-7,9,11-16H,4-5,8,10H2,(H,28,31). The van der Waals surface area contributed by atoms with Crippen molar-refractivity contribution in [3.63, 3.8) is 0 Å². The lowest BCUT2D eigenvalue weighted by Crippen LogP contribution is -2.26. The number of benzene rings is 2. The van der Waals surface area contributed by atoms with Gasteiger partial charge in [-0.05, 0) is 72.7 Å². The summed E-state index contributed by atoms with van der Waals surface area (Å²) in [6.07, 6.45) is 6.46. The van der Waals surface area contributed by atoms with Gasteiger partial charge < -0.3 is 10.1 Å². The van der Waals surface area contributed by atoms with E-state index in [1.807, 2.05) is 24.3 Å². The molecule has 0 aliphatic heterocycles. The molecule has 1 fully saturated rings. The molecule has 5 nitrogen and oxygen atoms in total. The molecule has 1 N–H and O–H groups in total. The summed E-state index contributed by atoms with van der Waals surface area (Å²) in [5, 5.41) is 8.42. The molecule has 0 saturated heterocycles. The second-order valence-corrected chi connectivity index (χ2v) is 8.79. The normalized spacial score (nSPS) is 13.3. The van der Waals surface area contributed by atoms with Crippen molar-refractivity contribution >= 4 is 34.6 Å². The van der Waals surface area contributed by atoms with E-state index in [-0.39, 0.29) is 5.91 Å². The van der Waals surface area contributed by atoms with E-state index >= 15 is 0 Å². The van der Waals surface area contributed by atoms with Crippen LogP contribution < -0.4 is 10.1 Å². The number of carbonyl (C=O) groups excluding carboxylic acids is 1. The SMILES string of the molecule is O=C(NCCc1ccc(Cl)cc1Cl)c1cc2ccnn2cc1Oc1cccc(C2CC2)c1. The maximum atomic E-state index is 13.1. The highest BCUT2D eigenvalue weighted by Crippen LogP contribution is 2.41. The second-order valence-electron chi connectivity index (χ2n) is 7.94. The van der Waals surface area contributed by atoms with E-state index < -0.39 is 0 Å². The van der Waals surface area contributed by atoms with Crippen molar-refractivity contribution in [3.05, 3.63) is 93.7 Å². The van der Waals surface area contributed by atoms with Crippen molar-refractivity contribution in [1.82, 2.24) is 14.9 Å². The largest absolute Gasteiger partial charge is 0.455 e. The summed E-state index contributed by atoms with van der Waals surface area (Å²) in [6, 6.07) is 17.1. The lowest BCUT2D eigenvalue weighted by Gasteiger charge is -2.13. The molecule has 0 spiro atoms. The zero-order valence-electron chi connectivity index (χ0n) is 17.2. The monoisotopic (exact) mass is 465 g/mol. The van der Waals surface area contributed by atoms with Gasteiger partial charge in [0, 0.05) is 22.8 Å². The van der Waals surface area contributed by atoms with Crippen molar-refractivity contribution in [2.75, 3.05) is 6.54 Å². The fraction of sp³-hybridized carbons (Fsp3) is 0.200. The summed E-state index contributed by atoms with van der Waals surface area (Å²) >= 11 is 12.2. The molecule has 2 heterocycles. The number of nitrogens with one attached hydrogen (secondary N) is 1. The highest BCUT2D eigenvalue weighted by atomic mass is 35.5. The minimum Gasteiger partial charge on any atom is -0.455 e. The summed E-state index contributed by atoms with van der Waals surface area (Å²) in [6.45, 7) is 0.432. The number of carbonyl (C=O) groups is 1. The molecule has 1 amide bonds. The first-order valence-electron chi connectivity index (χ1n) is 10.5. The molecular formula is C25H21Cl2N3O2. The Labute approximate surface area is 195 Å². The number of nitrogens with zero attached hydrogens (tertiary/aromatic N) is 2. The van der Waals surface area contributed by atoms with Gasteiger partial charge in [-0.15, -0.1) is 0 Å². The molecule has 4 aromatic rings. The highest BCUT2D eigenvalue weighted by Gasteiger charge is 2.24. The zero-order chi connectivity index (χ0) is 22.1. The van der Waals surface area contributed by atoms with E-state index in [0.717, 1.165) is 11.1 Å². The third kappa shape index (κ3) is 4.59. The Balaban J connectivity index is 1.36. The quantitative estimate of drug-likeness (QED) is 0.349. The molecule has 5 rings (SSSR count). The molecule has 162 valence electrons. The molecule has 1 aliphatic rings. The van der Waals surface area contributed by atoms with Crippen LogP contribution in [0.25, 0.3) is 5.52 Å². The maximum absolute atomic E-state index is 13.1. The Morgan fingerprint density at radius 3 is 2.81 bits per heavy atom. The number of fused-ring (bicyclic) bond motifs is 1. The van der Waals surface area contributed by atoms with E-state index in [2.05, 4.69) is 22.5 Å². The van der Waals surface area contributed by atoms with Gasteiger partial charge in [0.15, 0.2) is 5.75 Å². The minimum atomic E-state index is -0.216. The average molecular weight is 466 g/mol. The first kappa shape index (κ1) is 20.9. The summed E-state index contributed by atoms with van der Waals surface area (Å²) in [5.74, 6) is 1.57. The molecule has 1 saturated carbocycles. The van der Waals surface area contributed by atoms with Crippen LogP contribution in [0.5, 0.6) is 11.5 Å². The summed E-state index contributed by atoms with van der Waals surface area (Å²) < 4.78 is 7.86. The topological polar surface area (TPSA) is 55.6 Å². The Morgan fingerprint density at radius 2 is 2.00 bits per heavy atom. The lowest BCUT2D eigenvalue weighted by atomic mass is 10.1. The molecular weight excluding hydrogens is 445 g/mol. The van der Waals surface area contributed by atoms with Crippen LogP contribution in [0.4, 0.5) is 0 Å². The van der Waals surface area contributed by atoms with Gasteiger partial charge in [-0.1, -0.05) is 41.4 Å². The number of pyridine rings is 1. The number of rotatable bonds is 7. The van der Waals surface area contributed by atoms with Gasteiger partial charge in [0.25, 0.3) is 5.91 Å². The fourth-order valence-corrected chi connectivity index (χ4v) is 4.21. The number of ether oxygens (including phenoxy) is 1. The van der Waals surface area contributed by atoms with Crippen molar-refractivity contribution < 1.29 is 9.53 Å². The number of hydrogen-bond donors (Lipinski definition) is 1. The summed E-state index contributed by atoms with van der Waals surface area (Å²) in [5.41, 5.74) is 3.47. The third-order valence-corrected chi connectivity index (χ3v) is 6.16. The number of halogens is 2. The smallest absolute Gasteiger partial charge is 0.255 e. The first-order chi connectivity index (χ1) is 15.6. The predicted molar refractivity (Wildman–Crippen MR) is 126 cm³/mol. The second kappa shape index (κ2) is 8.85. The molecule has 7 heteroatoms. The Kier molecular flexibility index (Phi) is 5.77. The van der Waals surface area contributed by atoms with Crippen LogP contribution in [0.3, 0.4) is 0 Å². The van der Waals surface area contributed by atoms with E-state index in [1.54, 1.807) is 35.1 Å². The van der Waals surface area contributed by atoms with E-state index in [4.69, 9.17) is 27.9 Å². The van der Waals surface area contributed by atoms with E-state index in [0.29, 0.717) is 46.0 Å². The molecule has 0 bridgehead atoms. The van der Waals surface area contributed by atoms with Crippen LogP contribution >= 0.6 is 23.2 Å². The lowest BCUT2D eigenvalue weighted by molar-refractivity contribution is 0.0952. The Morgan fingerprint density at radius 1 is 1.12 bits per heavy atom. The highest BCUT2D eigenvalue weighted by molar-refractivity contribution is 6.35. The van der Waals surface area contributed by atoms with Crippen molar-refractivity contribution in [3.8, 4) is 11.5 Å². The van der Waals surface area contributed by atoms with Crippen LogP contribution in [0.1, 0.15) is 40.2 Å². The minimum absolute atomic E-state index is 0.216. The average Bonchev–Trinajstić information content (AvgIpc) is 3.53. The van der Waals surface area contributed by atoms with Gasteiger partial charge in [0.05, 0.1) is 17.3 Å². The Bertz CT molecular complexity index is 1300. The van der Waals surface area contributed by atoms with Gasteiger partial charge in [-0.3, -0.25) is 4.79 Å². The Hall–Kier alpha value is -3.02. The zero-order valence-corrected chi connectivity index (χ0v) is 18.7. The number of hydrogen-bond acceptors (Lipinski definition) is 3. The van der Waals surface area contributed by atoms with Crippen LogP contribution in [-0.4, -0.2) is 22.1 Å². The fourth-order valence-electron chi connectivity index (χ4n) is 3.71. The molecule has 2 aromatic heterocycles. The van der Waals surface area contributed by atoms with Gasteiger partial charge in [0.2, 0.25) is 0 Å². The summed E-state index contributed by atoms with van der Waals surface area (Å²) in [4.78, 5) is 13.1. The van der Waals surface area contributed by atoms with Crippen molar-refractivity contribution in [1.29, 1.82) is 0 Å².